The number of ether oxygens (including phenoxy) is 3. The van der Waals surface area contributed by atoms with Crippen molar-refractivity contribution < 1.29 is 28.2 Å². The van der Waals surface area contributed by atoms with Gasteiger partial charge in [-0.05, 0) is 74.7 Å². The van der Waals surface area contributed by atoms with Gasteiger partial charge in [0.25, 0.3) is 0 Å². The number of carbonyl (C=O) groups excluding carboxylic acids is 2. The molecule has 1 aromatic heterocycles. The molecule has 41 heavy (non-hydrogen) atoms. The summed E-state index contributed by atoms with van der Waals surface area (Å²) in [5.41, 5.74) is 5.77. The first-order valence-corrected chi connectivity index (χ1v) is 13.8. The van der Waals surface area contributed by atoms with Crippen LogP contribution in [0.1, 0.15) is 50.5 Å². The first-order chi connectivity index (χ1) is 19.6. The van der Waals surface area contributed by atoms with Crippen LogP contribution in [0.25, 0.3) is 22.1 Å². The third-order valence-electron chi connectivity index (χ3n) is 6.85. The second-order valence-electron chi connectivity index (χ2n) is 11.2. The molecule has 1 atom stereocenters. The molecule has 1 amide bonds. The van der Waals surface area contributed by atoms with Gasteiger partial charge < -0.3 is 28.8 Å². The Hall–Kier alpha value is -4.46. The van der Waals surface area contributed by atoms with E-state index in [1.807, 2.05) is 76.3 Å². The van der Waals surface area contributed by atoms with Crippen LogP contribution < -0.4 is 15.0 Å². The van der Waals surface area contributed by atoms with E-state index in [2.05, 4.69) is 22.3 Å². The number of rotatable bonds is 7. The van der Waals surface area contributed by atoms with Crippen molar-refractivity contribution in [3.63, 3.8) is 0 Å². The number of benzene rings is 3. The molecule has 3 aromatic carbocycles. The Morgan fingerprint density at radius 3 is 2.66 bits per heavy atom. The topological polar surface area (TPSA) is 90.2 Å². The number of alkyl carbamates (subject to hydrolysis) is 1. The van der Waals surface area contributed by atoms with Crippen LogP contribution in [-0.4, -0.2) is 37.9 Å². The average Bonchev–Trinajstić information content (AvgIpc) is 3.40. The lowest BCUT2D eigenvalue weighted by Gasteiger charge is -2.35. The Morgan fingerprint density at radius 1 is 1.07 bits per heavy atom. The molecule has 1 aliphatic heterocycles. The fraction of sp³-hybridized carbons (Fsp3) is 0.333. The summed E-state index contributed by atoms with van der Waals surface area (Å²) in [6, 6.07) is 20.0. The molecule has 0 saturated heterocycles. The van der Waals surface area contributed by atoms with Gasteiger partial charge in [0.05, 0.1) is 31.5 Å². The molecule has 4 aromatic rings. The van der Waals surface area contributed by atoms with Gasteiger partial charge >= 0.3 is 12.1 Å². The predicted molar refractivity (Wildman–Crippen MR) is 158 cm³/mol. The Kier molecular flexibility index (Phi) is 7.92. The van der Waals surface area contributed by atoms with Gasteiger partial charge in [-0.2, -0.15) is 0 Å². The zero-order valence-corrected chi connectivity index (χ0v) is 24.2. The monoisotopic (exact) mass is 556 g/mol. The highest BCUT2D eigenvalue weighted by molar-refractivity contribution is 5.93. The summed E-state index contributed by atoms with van der Waals surface area (Å²) in [5, 5.41) is 3.79. The van der Waals surface area contributed by atoms with Crippen LogP contribution in [0.4, 0.5) is 10.5 Å². The minimum absolute atomic E-state index is 0.147. The first kappa shape index (κ1) is 28.1. The zero-order chi connectivity index (χ0) is 29.1. The van der Waals surface area contributed by atoms with Gasteiger partial charge in [-0.15, -0.1) is 0 Å². The molecule has 2 heterocycles. The molecular formula is C33H36N2O6. The molecule has 1 N–H and O–H groups in total. The molecular weight excluding hydrogens is 520 g/mol. The number of amides is 1. The van der Waals surface area contributed by atoms with Crippen LogP contribution in [0.15, 0.2) is 71.3 Å². The maximum atomic E-state index is 12.3. The van der Waals surface area contributed by atoms with E-state index in [0.29, 0.717) is 25.4 Å². The van der Waals surface area contributed by atoms with Crippen LogP contribution in [0.5, 0.6) is 5.75 Å². The van der Waals surface area contributed by atoms with Gasteiger partial charge in [-0.3, -0.25) is 4.79 Å². The molecule has 0 bridgehead atoms. The van der Waals surface area contributed by atoms with Gasteiger partial charge in [-0.1, -0.05) is 30.3 Å². The Balaban J connectivity index is 1.44. The van der Waals surface area contributed by atoms with Gasteiger partial charge in [0.2, 0.25) is 0 Å². The maximum absolute atomic E-state index is 12.3. The Labute approximate surface area is 240 Å². The molecule has 1 aliphatic rings. The summed E-state index contributed by atoms with van der Waals surface area (Å²) in [6.07, 6.45) is 1.10. The number of hydrogen-bond acceptors (Lipinski definition) is 7. The van der Waals surface area contributed by atoms with Gasteiger partial charge in [0, 0.05) is 30.1 Å². The second kappa shape index (κ2) is 11.6. The number of furan rings is 1. The van der Waals surface area contributed by atoms with Crippen molar-refractivity contribution in [2.24, 2.45) is 0 Å². The van der Waals surface area contributed by atoms with Crippen molar-refractivity contribution >= 4 is 28.7 Å². The number of hydrogen-bond donors (Lipinski definition) is 1. The van der Waals surface area contributed by atoms with Crippen molar-refractivity contribution in [3.05, 3.63) is 83.6 Å². The standard InChI is InChI=1S/C33H36N2O6/c1-6-38-29(36)18-23-11-8-12-27-31(23)40-28(20-35(27)5)25-16-24-13-14-39-30(24)26(17-25)22-10-7-9-21(15-22)19-34-32(37)41-33(2,3)4/h7-17,28H,6,18-20H2,1-5H3,(H,34,37). The number of para-hydroxylation sites is 1. The van der Waals surface area contributed by atoms with Crippen molar-refractivity contribution in [1.82, 2.24) is 5.32 Å². The summed E-state index contributed by atoms with van der Waals surface area (Å²) in [7, 11) is 2.03. The summed E-state index contributed by atoms with van der Waals surface area (Å²) in [6.45, 7) is 8.62. The summed E-state index contributed by atoms with van der Waals surface area (Å²) < 4.78 is 23.1. The van der Waals surface area contributed by atoms with Gasteiger partial charge in [-0.25, -0.2) is 4.79 Å². The molecule has 1 unspecified atom stereocenters. The van der Waals surface area contributed by atoms with E-state index < -0.39 is 11.7 Å². The average molecular weight is 557 g/mol. The number of anilines is 1. The molecule has 0 fully saturated rings. The van der Waals surface area contributed by atoms with E-state index in [4.69, 9.17) is 18.6 Å². The first-order valence-electron chi connectivity index (χ1n) is 13.8. The molecule has 0 aliphatic carbocycles. The number of likely N-dealkylation sites (N-methyl/N-ethyl adjacent to an activating group) is 1. The second-order valence-corrected chi connectivity index (χ2v) is 11.2. The lowest BCUT2D eigenvalue weighted by atomic mass is 9.96. The highest BCUT2D eigenvalue weighted by Gasteiger charge is 2.29. The molecule has 0 saturated carbocycles. The smallest absolute Gasteiger partial charge is 0.407 e. The third kappa shape index (κ3) is 6.48. The summed E-state index contributed by atoms with van der Waals surface area (Å²) >= 11 is 0. The Morgan fingerprint density at radius 2 is 1.88 bits per heavy atom. The van der Waals surface area contributed by atoms with Crippen LogP contribution >= 0.6 is 0 Å². The van der Waals surface area contributed by atoms with Gasteiger partial charge in [0.15, 0.2) is 0 Å². The lowest BCUT2D eigenvalue weighted by molar-refractivity contribution is -0.142. The van der Waals surface area contributed by atoms with Gasteiger partial charge in [0.1, 0.15) is 23.0 Å². The van der Waals surface area contributed by atoms with Crippen LogP contribution in [-0.2, 0) is 27.2 Å². The normalized spacial score (nSPS) is 14.8. The predicted octanol–water partition coefficient (Wildman–Crippen LogP) is 6.80. The van der Waals surface area contributed by atoms with Crippen LogP contribution in [0.3, 0.4) is 0 Å². The molecule has 214 valence electrons. The minimum atomic E-state index is -0.563. The fourth-order valence-corrected chi connectivity index (χ4v) is 5.06. The zero-order valence-electron chi connectivity index (χ0n) is 24.2. The Bertz CT molecular complexity index is 1570. The third-order valence-corrected chi connectivity index (χ3v) is 6.85. The van der Waals surface area contributed by atoms with Crippen molar-refractivity contribution in [1.29, 1.82) is 0 Å². The number of esters is 1. The number of fused-ring (bicyclic) bond motifs is 2. The van der Waals surface area contributed by atoms with E-state index in [-0.39, 0.29) is 18.5 Å². The van der Waals surface area contributed by atoms with E-state index in [1.54, 1.807) is 13.2 Å². The van der Waals surface area contributed by atoms with Crippen molar-refractivity contribution in [2.45, 2.75) is 52.4 Å². The van der Waals surface area contributed by atoms with Crippen molar-refractivity contribution in [3.8, 4) is 16.9 Å². The highest BCUT2D eigenvalue weighted by Crippen LogP contribution is 2.42. The quantitative estimate of drug-likeness (QED) is 0.250. The largest absolute Gasteiger partial charge is 0.481 e. The number of nitrogens with one attached hydrogen (secondary N) is 1. The molecule has 5 rings (SSSR count). The number of nitrogens with zero attached hydrogens (tertiary/aromatic N) is 1. The molecule has 0 radical (unpaired) electrons. The van der Waals surface area contributed by atoms with E-state index >= 15 is 0 Å². The maximum Gasteiger partial charge on any atom is 0.407 e. The van der Waals surface area contributed by atoms with Crippen LogP contribution in [0, 0.1) is 0 Å². The molecule has 0 spiro atoms. The highest BCUT2D eigenvalue weighted by atomic mass is 16.6. The minimum Gasteiger partial charge on any atom is -0.481 e. The van der Waals surface area contributed by atoms with E-state index in [9.17, 15) is 9.59 Å². The lowest BCUT2D eigenvalue weighted by Crippen LogP contribution is -2.32. The van der Waals surface area contributed by atoms with Crippen LogP contribution in [0.2, 0.25) is 0 Å². The van der Waals surface area contributed by atoms with E-state index in [0.717, 1.165) is 44.5 Å². The number of carbonyl (C=O) groups is 2. The summed E-state index contributed by atoms with van der Waals surface area (Å²) in [5.74, 6) is 0.417. The molecule has 8 heteroatoms. The SMILES string of the molecule is CCOC(=O)Cc1cccc2c1OC(c1cc(-c3cccc(CNC(=O)OC(C)(C)C)c3)c3occc3c1)CN2C. The summed E-state index contributed by atoms with van der Waals surface area (Å²) in [4.78, 5) is 26.6. The fourth-order valence-electron chi connectivity index (χ4n) is 5.06. The van der Waals surface area contributed by atoms with E-state index in [1.165, 1.54) is 0 Å². The molecule has 8 nitrogen and oxygen atoms in total. The van der Waals surface area contributed by atoms with Crippen molar-refractivity contribution in [2.75, 3.05) is 25.1 Å².